The minimum atomic E-state index is -0.932. The highest BCUT2D eigenvalue weighted by atomic mass is 79.9. The molecule has 0 saturated heterocycles. The van der Waals surface area contributed by atoms with Crippen LogP contribution >= 0.6 is 27.3 Å². The minimum Gasteiger partial charge on any atom is -0.474 e. The van der Waals surface area contributed by atoms with Crippen LogP contribution in [-0.4, -0.2) is 22.6 Å². The smallest absolute Gasteiger partial charge is 0.310 e. The number of nitro benzene ring substituents is 1. The van der Waals surface area contributed by atoms with Gasteiger partial charge in [-0.25, -0.2) is 5.43 Å². The van der Waals surface area contributed by atoms with Crippen molar-refractivity contribution in [3.8, 4) is 5.75 Å². The number of hydrogen-bond donors (Lipinski definition) is 1. The highest BCUT2D eigenvalue weighted by Crippen LogP contribution is 2.27. The van der Waals surface area contributed by atoms with Crippen molar-refractivity contribution in [2.45, 2.75) is 26.4 Å². The van der Waals surface area contributed by atoms with Gasteiger partial charge in [0.05, 0.1) is 19.3 Å². The number of thiophene rings is 1. The van der Waals surface area contributed by atoms with Crippen LogP contribution in [0.3, 0.4) is 0 Å². The molecular formula is C16H16BrN3O4S. The molecule has 0 aliphatic carbocycles. The zero-order valence-corrected chi connectivity index (χ0v) is 16.0. The van der Waals surface area contributed by atoms with Crippen LogP contribution in [0.15, 0.2) is 45.3 Å². The Morgan fingerprint density at radius 1 is 1.40 bits per heavy atom. The van der Waals surface area contributed by atoms with E-state index in [1.165, 1.54) is 36.5 Å². The first-order chi connectivity index (χ1) is 11.9. The van der Waals surface area contributed by atoms with Gasteiger partial charge in [-0.15, -0.1) is 11.3 Å². The SMILES string of the molecule is CC/C(=N\NC(=O)C(C)Oc1ccccc1[N+](=O)[O-])c1ccc(Br)s1. The standard InChI is InChI=1S/C16H16BrN3O4S/c1-3-11(14-8-9-15(17)25-14)18-19-16(21)10(2)24-13-7-5-4-6-12(13)20(22)23/h4-10H,3H2,1-2H3,(H,19,21)/b18-11+. The Hall–Kier alpha value is -2.26. The van der Waals surface area contributed by atoms with Gasteiger partial charge in [0.25, 0.3) is 5.91 Å². The summed E-state index contributed by atoms with van der Waals surface area (Å²) < 4.78 is 6.39. The van der Waals surface area contributed by atoms with Crippen molar-refractivity contribution in [3.63, 3.8) is 0 Å². The summed E-state index contributed by atoms with van der Waals surface area (Å²) in [6.07, 6.45) is -0.287. The first kappa shape index (κ1) is 19.1. The van der Waals surface area contributed by atoms with E-state index in [2.05, 4.69) is 26.5 Å². The van der Waals surface area contributed by atoms with Gasteiger partial charge in [0.2, 0.25) is 0 Å². The normalized spacial score (nSPS) is 12.5. The fourth-order valence-electron chi connectivity index (χ4n) is 1.94. The molecule has 1 N–H and O–H groups in total. The first-order valence-corrected chi connectivity index (χ1v) is 9.05. The van der Waals surface area contributed by atoms with Gasteiger partial charge in [-0.05, 0) is 47.5 Å². The third-order valence-electron chi connectivity index (χ3n) is 3.23. The topological polar surface area (TPSA) is 93.8 Å². The Morgan fingerprint density at radius 2 is 2.12 bits per heavy atom. The summed E-state index contributed by atoms with van der Waals surface area (Å²) >= 11 is 4.91. The summed E-state index contributed by atoms with van der Waals surface area (Å²) in [6.45, 7) is 3.45. The van der Waals surface area contributed by atoms with Gasteiger partial charge in [-0.3, -0.25) is 14.9 Å². The van der Waals surface area contributed by atoms with Crippen LogP contribution in [0.5, 0.6) is 5.75 Å². The Balaban J connectivity index is 2.05. The van der Waals surface area contributed by atoms with Crippen molar-refractivity contribution in [2.75, 3.05) is 0 Å². The van der Waals surface area contributed by atoms with Crippen molar-refractivity contribution < 1.29 is 14.5 Å². The number of nitrogens with one attached hydrogen (secondary N) is 1. The molecule has 0 aliphatic rings. The van der Waals surface area contributed by atoms with Gasteiger partial charge in [-0.1, -0.05) is 19.1 Å². The molecule has 25 heavy (non-hydrogen) atoms. The summed E-state index contributed by atoms with van der Waals surface area (Å²) in [4.78, 5) is 23.5. The highest BCUT2D eigenvalue weighted by Gasteiger charge is 2.20. The molecule has 1 unspecified atom stereocenters. The van der Waals surface area contributed by atoms with E-state index in [-0.39, 0.29) is 11.4 Å². The summed E-state index contributed by atoms with van der Waals surface area (Å²) in [7, 11) is 0. The van der Waals surface area contributed by atoms with Crippen molar-refractivity contribution >= 4 is 44.6 Å². The summed E-state index contributed by atoms with van der Waals surface area (Å²) in [5.74, 6) is -0.447. The predicted molar refractivity (Wildman–Crippen MR) is 100 cm³/mol. The third kappa shape index (κ3) is 5.10. The molecule has 132 valence electrons. The number of halogens is 1. The van der Waals surface area contributed by atoms with Crippen LogP contribution < -0.4 is 10.2 Å². The number of nitrogens with zero attached hydrogens (tertiary/aromatic N) is 2. The average Bonchev–Trinajstić information content (AvgIpc) is 3.01. The maximum Gasteiger partial charge on any atom is 0.310 e. The van der Waals surface area contributed by atoms with Crippen LogP contribution in [0.1, 0.15) is 25.1 Å². The van der Waals surface area contributed by atoms with E-state index in [1.807, 2.05) is 19.1 Å². The number of amides is 1. The Labute approximate surface area is 157 Å². The molecular weight excluding hydrogens is 410 g/mol. The number of rotatable bonds is 7. The van der Waals surface area contributed by atoms with Gasteiger partial charge in [0.1, 0.15) is 0 Å². The Kier molecular flexibility index (Phi) is 6.65. The highest BCUT2D eigenvalue weighted by molar-refractivity contribution is 9.11. The van der Waals surface area contributed by atoms with Crippen LogP contribution in [0.2, 0.25) is 0 Å². The van der Waals surface area contributed by atoms with Crippen molar-refractivity contribution in [3.05, 3.63) is 55.2 Å². The fraction of sp³-hybridized carbons (Fsp3) is 0.250. The zero-order chi connectivity index (χ0) is 18.4. The molecule has 2 rings (SSSR count). The summed E-state index contributed by atoms with van der Waals surface area (Å²) in [5, 5.41) is 15.1. The molecule has 1 amide bonds. The maximum atomic E-state index is 12.2. The molecule has 0 spiro atoms. The lowest BCUT2D eigenvalue weighted by atomic mass is 10.2. The van der Waals surface area contributed by atoms with E-state index in [0.717, 1.165) is 14.4 Å². The largest absolute Gasteiger partial charge is 0.474 e. The molecule has 1 aromatic carbocycles. The number of carbonyl (C=O) groups is 1. The molecule has 9 heteroatoms. The molecule has 1 aromatic heterocycles. The number of benzene rings is 1. The molecule has 0 aliphatic heterocycles. The summed E-state index contributed by atoms with van der Waals surface area (Å²) in [5.41, 5.74) is 3.00. The Bertz CT molecular complexity index is 806. The van der Waals surface area contributed by atoms with Gasteiger partial charge in [0.15, 0.2) is 11.9 Å². The third-order valence-corrected chi connectivity index (χ3v) is 4.90. The van der Waals surface area contributed by atoms with Gasteiger partial charge < -0.3 is 4.74 Å². The number of carbonyl (C=O) groups excluding carboxylic acids is 1. The molecule has 0 bridgehead atoms. The van der Waals surface area contributed by atoms with Crippen molar-refractivity contribution in [1.82, 2.24) is 5.43 Å². The second-order valence-corrected chi connectivity index (χ2v) is 7.44. The van der Waals surface area contributed by atoms with E-state index < -0.39 is 16.9 Å². The van der Waals surface area contributed by atoms with Crippen LogP contribution in [0.25, 0.3) is 0 Å². The number of nitro groups is 1. The second-order valence-electron chi connectivity index (χ2n) is 4.98. The zero-order valence-electron chi connectivity index (χ0n) is 13.6. The maximum absolute atomic E-state index is 12.2. The van der Waals surface area contributed by atoms with Crippen LogP contribution in [-0.2, 0) is 4.79 Å². The molecule has 0 fully saturated rings. The van der Waals surface area contributed by atoms with Crippen molar-refractivity contribution in [1.29, 1.82) is 0 Å². The van der Waals surface area contributed by atoms with E-state index in [0.29, 0.717) is 6.42 Å². The quantitative estimate of drug-likeness (QED) is 0.410. The Morgan fingerprint density at radius 3 is 2.72 bits per heavy atom. The fourth-order valence-corrected chi connectivity index (χ4v) is 3.39. The van der Waals surface area contributed by atoms with Gasteiger partial charge in [0, 0.05) is 6.07 Å². The first-order valence-electron chi connectivity index (χ1n) is 7.44. The molecule has 1 atom stereocenters. The van der Waals surface area contributed by atoms with Crippen LogP contribution in [0.4, 0.5) is 5.69 Å². The van der Waals surface area contributed by atoms with Crippen molar-refractivity contribution in [2.24, 2.45) is 5.10 Å². The van der Waals surface area contributed by atoms with E-state index in [4.69, 9.17) is 4.74 Å². The average molecular weight is 426 g/mol. The second kappa shape index (κ2) is 8.72. The predicted octanol–water partition coefficient (Wildman–Crippen LogP) is 4.12. The lowest BCUT2D eigenvalue weighted by molar-refractivity contribution is -0.386. The van der Waals surface area contributed by atoms with E-state index >= 15 is 0 Å². The van der Waals surface area contributed by atoms with Crippen LogP contribution in [0, 0.1) is 10.1 Å². The number of ether oxygens (including phenoxy) is 1. The van der Waals surface area contributed by atoms with E-state index in [1.54, 1.807) is 6.07 Å². The van der Waals surface area contributed by atoms with Gasteiger partial charge in [-0.2, -0.15) is 5.10 Å². The number of hydrazone groups is 1. The monoisotopic (exact) mass is 425 g/mol. The number of para-hydroxylation sites is 2. The van der Waals surface area contributed by atoms with Gasteiger partial charge >= 0.3 is 5.69 Å². The van der Waals surface area contributed by atoms with E-state index in [9.17, 15) is 14.9 Å². The summed E-state index contributed by atoms with van der Waals surface area (Å²) in [6, 6.07) is 9.74. The number of hydrogen-bond acceptors (Lipinski definition) is 6. The molecule has 7 nitrogen and oxygen atoms in total. The molecule has 0 saturated carbocycles. The lowest BCUT2D eigenvalue weighted by Gasteiger charge is -2.13. The molecule has 1 heterocycles. The minimum absolute atomic E-state index is 0.0389. The molecule has 2 aromatic rings. The lowest BCUT2D eigenvalue weighted by Crippen LogP contribution is -2.34. The molecule has 0 radical (unpaired) electrons.